The number of aryl methyl sites for hydroxylation is 2. The normalized spacial score (nSPS) is 22.7. The standard InChI is InChI=1S/C14H23N5O2/c1-3-18-14(13(19(20)21)10(2)16-18)15-8-11-6-7-17(9-11)12-4-5-12/h11-12,15H,3-9H2,1-2H3. The van der Waals surface area contributed by atoms with Gasteiger partial charge < -0.3 is 10.2 Å². The first-order valence-electron chi connectivity index (χ1n) is 7.79. The Bertz CT molecular complexity index is 538. The van der Waals surface area contributed by atoms with Crippen LogP contribution in [0.1, 0.15) is 31.9 Å². The first kappa shape index (κ1) is 14.3. The van der Waals surface area contributed by atoms with Gasteiger partial charge >= 0.3 is 5.69 Å². The SMILES string of the molecule is CCn1nc(C)c([N+](=O)[O-])c1NCC1CCN(C2CC2)C1. The Morgan fingerprint density at radius 1 is 1.43 bits per heavy atom. The number of nitrogens with one attached hydrogen (secondary N) is 1. The lowest BCUT2D eigenvalue weighted by Crippen LogP contribution is -2.25. The van der Waals surface area contributed by atoms with Gasteiger partial charge in [0.1, 0.15) is 5.69 Å². The average molecular weight is 293 g/mol. The molecule has 1 aliphatic carbocycles. The zero-order valence-electron chi connectivity index (χ0n) is 12.7. The molecular formula is C14H23N5O2. The molecule has 1 aliphatic heterocycles. The first-order chi connectivity index (χ1) is 10.1. The molecule has 0 spiro atoms. The van der Waals surface area contributed by atoms with E-state index in [2.05, 4.69) is 15.3 Å². The summed E-state index contributed by atoms with van der Waals surface area (Å²) in [4.78, 5) is 13.4. The fourth-order valence-electron chi connectivity index (χ4n) is 3.24. The molecule has 3 rings (SSSR count). The summed E-state index contributed by atoms with van der Waals surface area (Å²) in [5, 5.41) is 18.8. The molecule has 0 radical (unpaired) electrons. The Kier molecular flexibility index (Phi) is 3.84. The van der Waals surface area contributed by atoms with Crippen LogP contribution in [0.25, 0.3) is 0 Å². The monoisotopic (exact) mass is 293 g/mol. The molecule has 0 amide bonds. The van der Waals surface area contributed by atoms with Gasteiger partial charge in [-0.15, -0.1) is 0 Å². The summed E-state index contributed by atoms with van der Waals surface area (Å²) in [7, 11) is 0. The maximum Gasteiger partial charge on any atom is 0.333 e. The van der Waals surface area contributed by atoms with Gasteiger partial charge in [-0.05, 0) is 45.6 Å². The number of nitro groups is 1. The fraction of sp³-hybridized carbons (Fsp3) is 0.786. The molecule has 1 aromatic rings. The van der Waals surface area contributed by atoms with Crippen LogP contribution in [0, 0.1) is 23.0 Å². The van der Waals surface area contributed by atoms with Gasteiger partial charge in [-0.3, -0.25) is 10.1 Å². The van der Waals surface area contributed by atoms with Gasteiger partial charge in [0, 0.05) is 25.7 Å². The van der Waals surface area contributed by atoms with E-state index in [9.17, 15) is 10.1 Å². The number of hydrogen-bond donors (Lipinski definition) is 1. The van der Waals surface area contributed by atoms with Crippen LogP contribution in [0.15, 0.2) is 0 Å². The lowest BCUT2D eigenvalue weighted by Gasteiger charge is -2.15. The molecular weight excluding hydrogens is 270 g/mol. The number of likely N-dealkylation sites (tertiary alicyclic amines) is 1. The predicted molar refractivity (Wildman–Crippen MR) is 80.5 cm³/mol. The minimum Gasteiger partial charge on any atom is -0.364 e. The molecule has 1 N–H and O–H groups in total. The second-order valence-corrected chi connectivity index (χ2v) is 6.12. The number of nitrogens with zero attached hydrogens (tertiary/aromatic N) is 4. The third-order valence-electron chi connectivity index (χ3n) is 4.52. The Morgan fingerprint density at radius 3 is 2.81 bits per heavy atom. The molecule has 116 valence electrons. The van der Waals surface area contributed by atoms with E-state index in [-0.39, 0.29) is 10.6 Å². The van der Waals surface area contributed by atoms with Crippen LogP contribution < -0.4 is 5.32 Å². The maximum absolute atomic E-state index is 11.2. The van der Waals surface area contributed by atoms with Crippen molar-refractivity contribution in [2.24, 2.45) is 5.92 Å². The highest BCUT2D eigenvalue weighted by Gasteiger charge is 2.34. The van der Waals surface area contributed by atoms with Gasteiger partial charge in [0.2, 0.25) is 5.82 Å². The highest BCUT2D eigenvalue weighted by atomic mass is 16.6. The molecule has 2 fully saturated rings. The van der Waals surface area contributed by atoms with Crippen LogP contribution in [0.2, 0.25) is 0 Å². The van der Waals surface area contributed by atoms with Gasteiger partial charge in [0.15, 0.2) is 0 Å². The third kappa shape index (κ3) is 2.88. The van der Waals surface area contributed by atoms with Crippen LogP contribution in [-0.2, 0) is 6.54 Å². The highest BCUT2D eigenvalue weighted by Crippen LogP contribution is 2.33. The molecule has 0 aromatic carbocycles. The topological polar surface area (TPSA) is 76.2 Å². The molecule has 1 atom stereocenters. The van der Waals surface area contributed by atoms with Gasteiger partial charge in [-0.25, -0.2) is 4.68 Å². The fourth-order valence-corrected chi connectivity index (χ4v) is 3.24. The Labute approximate surface area is 124 Å². The molecule has 0 bridgehead atoms. The van der Waals surface area contributed by atoms with Gasteiger partial charge in [-0.2, -0.15) is 5.10 Å². The summed E-state index contributed by atoms with van der Waals surface area (Å²) in [6, 6.07) is 0.813. The summed E-state index contributed by atoms with van der Waals surface area (Å²) in [5.41, 5.74) is 0.601. The summed E-state index contributed by atoms with van der Waals surface area (Å²) in [5.74, 6) is 1.13. The summed E-state index contributed by atoms with van der Waals surface area (Å²) in [6.45, 7) is 7.35. The van der Waals surface area contributed by atoms with Gasteiger partial charge in [-0.1, -0.05) is 0 Å². The van der Waals surface area contributed by atoms with Crippen LogP contribution >= 0.6 is 0 Å². The van der Waals surface area contributed by atoms with Crippen LogP contribution in [0.5, 0.6) is 0 Å². The van der Waals surface area contributed by atoms with Crippen molar-refractivity contribution < 1.29 is 4.92 Å². The van der Waals surface area contributed by atoms with E-state index in [1.165, 1.54) is 25.8 Å². The van der Waals surface area contributed by atoms with Crippen LogP contribution in [-0.4, -0.2) is 45.3 Å². The molecule has 2 aliphatic rings. The smallest absolute Gasteiger partial charge is 0.333 e. The predicted octanol–water partition coefficient (Wildman–Crippen LogP) is 2.02. The minimum atomic E-state index is -0.331. The number of anilines is 1. The molecule has 7 heteroatoms. The molecule has 1 saturated heterocycles. The summed E-state index contributed by atoms with van der Waals surface area (Å²) < 4.78 is 1.70. The third-order valence-corrected chi connectivity index (χ3v) is 4.52. The summed E-state index contributed by atoms with van der Waals surface area (Å²) >= 11 is 0. The van der Waals surface area contributed by atoms with Crippen molar-refractivity contribution in [2.45, 2.75) is 45.7 Å². The van der Waals surface area contributed by atoms with E-state index in [4.69, 9.17) is 0 Å². The van der Waals surface area contributed by atoms with Crippen molar-refractivity contribution >= 4 is 11.5 Å². The quantitative estimate of drug-likeness (QED) is 0.641. The van der Waals surface area contributed by atoms with Gasteiger partial charge in [0.25, 0.3) is 0 Å². The van der Waals surface area contributed by atoms with Crippen molar-refractivity contribution in [3.05, 3.63) is 15.8 Å². The van der Waals surface area contributed by atoms with Crippen LogP contribution in [0.4, 0.5) is 11.5 Å². The van der Waals surface area contributed by atoms with Crippen molar-refractivity contribution in [3.8, 4) is 0 Å². The van der Waals surface area contributed by atoms with Gasteiger partial charge in [0.05, 0.1) is 4.92 Å². The minimum absolute atomic E-state index is 0.119. The van der Waals surface area contributed by atoms with Crippen molar-refractivity contribution in [3.63, 3.8) is 0 Å². The summed E-state index contributed by atoms with van der Waals surface area (Å²) in [6.07, 6.45) is 3.86. The van der Waals surface area contributed by atoms with Crippen molar-refractivity contribution in [1.82, 2.24) is 14.7 Å². The van der Waals surface area contributed by atoms with E-state index < -0.39 is 0 Å². The maximum atomic E-state index is 11.2. The Hall–Kier alpha value is -1.63. The largest absolute Gasteiger partial charge is 0.364 e. The molecule has 1 saturated carbocycles. The van der Waals surface area contributed by atoms with Crippen LogP contribution in [0.3, 0.4) is 0 Å². The van der Waals surface area contributed by atoms with E-state index in [1.54, 1.807) is 11.6 Å². The van der Waals surface area contributed by atoms with E-state index >= 15 is 0 Å². The first-order valence-corrected chi connectivity index (χ1v) is 7.79. The zero-order chi connectivity index (χ0) is 15.0. The Morgan fingerprint density at radius 2 is 2.19 bits per heavy atom. The average Bonchev–Trinajstić information content (AvgIpc) is 3.09. The molecule has 2 heterocycles. The number of rotatable bonds is 6. The second-order valence-electron chi connectivity index (χ2n) is 6.12. The zero-order valence-corrected chi connectivity index (χ0v) is 12.7. The molecule has 1 unspecified atom stereocenters. The van der Waals surface area contributed by atoms with Crippen molar-refractivity contribution in [1.29, 1.82) is 0 Å². The van der Waals surface area contributed by atoms with E-state index in [0.717, 1.165) is 19.1 Å². The van der Waals surface area contributed by atoms with E-state index in [1.807, 2.05) is 6.92 Å². The Balaban J connectivity index is 1.65. The van der Waals surface area contributed by atoms with Crippen molar-refractivity contribution in [2.75, 3.05) is 25.0 Å². The lowest BCUT2D eigenvalue weighted by atomic mass is 10.1. The number of hydrogen-bond acceptors (Lipinski definition) is 5. The highest BCUT2D eigenvalue weighted by molar-refractivity contribution is 5.59. The number of aromatic nitrogens is 2. The molecule has 21 heavy (non-hydrogen) atoms. The second kappa shape index (κ2) is 5.63. The lowest BCUT2D eigenvalue weighted by molar-refractivity contribution is -0.384. The van der Waals surface area contributed by atoms with E-state index in [0.29, 0.717) is 24.0 Å². The molecule has 1 aromatic heterocycles. The molecule has 7 nitrogen and oxygen atoms in total.